The van der Waals surface area contributed by atoms with Gasteiger partial charge in [0.15, 0.2) is 0 Å². The molecule has 0 spiro atoms. The van der Waals surface area contributed by atoms with Crippen LogP contribution in [0.4, 0.5) is 0 Å². The van der Waals surface area contributed by atoms with Gasteiger partial charge in [0, 0.05) is 12.5 Å². The molecule has 1 aromatic heterocycles. The third-order valence-corrected chi connectivity index (χ3v) is 4.56. The summed E-state index contributed by atoms with van der Waals surface area (Å²) in [5.41, 5.74) is 8.17. The molecule has 2 atom stereocenters. The first kappa shape index (κ1) is 13.6. The molecule has 2 N–H and O–H groups in total. The molecule has 1 saturated carbocycles. The molecule has 0 radical (unpaired) electrons. The highest BCUT2D eigenvalue weighted by atomic mass is 15.1. The van der Waals surface area contributed by atoms with Crippen molar-refractivity contribution in [1.29, 1.82) is 0 Å². The molecule has 0 amide bonds. The molecular weight excluding hydrogens is 246 g/mol. The fraction of sp³-hybridized carbons (Fsp3) is 0.588. The van der Waals surface area contributed by atoms with Gasteiger partial charge in [-0.1, -0.05) is 26.0 Å². The van der Waals surface area contributed by atoms with Crippen LogP contribution < -0.4 is 5.73 Å². The van der Waals surface area contributed by atoms with E-state index in [0.29, 0.717) is 12.6 Å². The molecule has 3 rings (SSSR count). The third-order valence-electron chi connectivity index (χ3n) is 4.56. The monoisotopic (exact) mass is 271 g/mol. The number of hydrogen-bond donors (Lipinski definition) is 1. The Hall–Kier alpha value is -1.35. The van der Waals surface area contributed by atoms with Gasteiger partial charge in [-0.2, -0.15) is 0 Å². The molecule has 2 unspecified atom stereocenters. The molecule has 1 fully saturated rings. The van der Waals surface area contributed by atoms with E-state index in [2.05, 4.69) is 42.7 Å². The quantitative estimate of drug-likeness (QED) is 0.928. The Morgan fingerprint density at radius 1 is 1.15 bits per heavy atom. The Kier molecular flexibility index (Phi) is 3.79. The number of hydrogen-bond acceptors (Lipinski definition) is 2. The van der Waals surface area contributed by atoms with Crippen LogP contribution in [-0.4, -0.2) is 16.1 Å². The molecule has 2 aromatic rings. The minimum Gasteiger partial charge on any atom is -0.330 e. The maximum Gasteiger partial charge on any atom is 0.111 e. The van der Waals surface area contributed by atoms with Crippen molar-refractivity contribution < 1.29 is 0 Å². The largest absolute Gasteiger partial charge is 0.330 e. The van der Waals surface area contributed by atoms with Crippen LogP contribution in [0.15, 0.2) is 24.3 Å². The molecule has 0 aliphatic heterocycles. The Labute approximate surface area is 121 Å². The average molecular weight is 271 g/mol. The van der Waals surface area contributed by atoms with Crippen LogP contribution in [0.25, 0.3) is 11.0 Å². The molecular formula is C17H25N3. The first-order valence-electron chi connectivity index (χ1n) is 7.85. The van der Waals surface area contributed by atoms with E-state index in [1.54, 1.807) is 0 Å². The Morgan fingerprint density at radius 2 is 1.85 bits per heavy atom. The van der Waals surface area contributed by atoms with Crippen LogP contribution in [0.3, 0.4) is 0 Å². The van der Waals surface area contributed by atoms with E-state index < -0.39 is 0 Å². The van der Waals surface area contributed by atoms with Gasteiger partial charge in [0.2, 0.25) is 0 Å². The molecule has 1 aliphatic rings. The second-order valence-corrected chi connectivity index (χ2v) is 6.50. The molecule has 3 heteroatoms. The average Bonchev–Trinajstić information content (AvgIpc) is 2.76. The summed E-state index contributed by atoms with van der Waals surface area (Å²) >= 11 is 0. The van der Waals surface area contributed by atoms with E-state index in [-0.39, 0.29) is 0 Å². The zero-order valence-corrected chi connectivity index (χ0v) is 12.5. The fourth-order valence-electron chi connectivity index (χ4n) is 3.92. The summed E-state index contributed by atoms with van der Waals surface area (Å²) in [6.07, 6.45) is 4.76. The van der Waals surface area contributed by atoms with Crippen LogP contribution in [0.1, 0.15) is 45.0 Å². The van der Waals surface area contributed by atoms with Gasteiger partial charge in [0.1, 0.15) is 5.82 Å². The second kappa shape index (κ2) is 5.57. The van der Waals surface area contributed by atoms with Gasteiger partial charge in [-0.25, -0.2) is 4.98 Å². The highest BCUT2D eigenvalue weighted by Gasteiger charge is 2.27. The maximum atomic E-state index is 5.78. The van der Waals surface area contributed by atoms with Gasteiger partial charge >= 0.3 is 0 Å². The fourth-order valence-corrected chi connectivity index (χ4v) is 3.92. The smallest absolute Gasteiger partial charge is 0.111 e. The number of benzene rings is 1. The Balaban J connectivity index is 2.05. The van der Waals surface area contributed by atoms with Crippen molar-refractivity contribution in [2.75, 3.05) is 6.54 Å². The van der Waals surface area contributed by atoms with E-state index in [9.17, 15) is 0 Å². The van der Waals surface area contributed by atoms with Crippen molar-refractivity contribution in [3.8, 4) is 0 Å². The molecule has 0 saturated heterocycles. The lowest BCUT2D eigenvalue weighted by Crippen LogP contribution is -2.24. The number of nitrogens with two attached hydrogens (primary N) is 1. The van der Waals surface area contributed by atoms with Gasteiger partial charge in [-0.05, 0) is 49.8 Å². The van der Waals surface area contributed by atoms with Crippen molar-refractivity contribution >= 4 is 11.0 Å². The molecule has 20 heavy (non-hydrogen) atoms. The number of imidazole rings is 1. The zero-order valence-electron chi connectivity index (χ0n) is 12.5. The highest BCUT2D eigenvalue weighted by molar-refractivity contribution is 5.76. The number of aromatic nitrogens is 2. The highest BCUT2D eigenvalue weighted by Crippen LogP contribution is 2.38. The predicted octanol–water partition coefficient (Wildman–Crippen LogP) is 3.53. The summed E-state index contributed by atoms with van der Waals surface area (Å²) in [5, 5.41) is 0. The normalized spacial score (nSPS) is 27.1. The summed E-state index contributed by atoms with van der Waals surface area (Å²) in [6.45, 7) is 5.43. The maximum absolute atomic E-state index is 5.78. The van der Waals surface area contributed by atoms with E-state index in [1.165, 1.54) is 30.6 Å². The molecule has 1 aromatic carbocycles. The van der Waals surface area contributed by atoms with Crippen molar-refractivity contribution in [3.63, 3.8) is 0 Å². The molecule has 108 valence electrons. The third kappa shape index (κ3) is 2.47. The van der Waals surface area contributed by atoms with Gasteiger partial charge in [-0.15, -0.1) is 0 Å². The minimum absolute atomic E-state index is 0.586. The summed E-state index contributed by atoms with van der Waals surface area (Å²) < 4.78 is 2.48. The first-order chi connectivity index (χ1) is 9.69. The molecule has 3 nitrogen and oxygen atoms in total. The predicted molar refractivity (Wildman–Crippen MR) is 83.7 cm³/mol. The van der Waals surface area contributed by atoms with Gasteiger partial charge in [-0.3, -0.25) is 0 Å². The van der Waals surface area contributed by atoms with Crippen LogP contribution in [0.2, 0.25) is 0 Å². The summed E-state index contributed by atoms with van der Waals surface area (Å²) in [5.74, 6) is 2.77. The number of nitrogens with zero attached hydrogens (tertiary/aromatic N) is 2. The second-order valence-electron chi connectivity index (χ2n) is 6.50. The zero-order chi connectivity index (χ0) is 14.1. The van der Waals surface area contributed by atoms with Crippen LogP contribution >= 0.6 is 0 Å². The first-order valence-corrected chi connectivity index (χ1v) is 7.85. The summed E-state index contributed by atoms with van der Waals surface area (Å²) in [4.78, 5) is 4.81. The van der Waals surface area contributed by atoms with E-state index in [4.69, 9.17) is 10.7 Å². The Bertz CT molecular complexity index is 577. The van der Waals surface area contributed by atoms with Crippen LogP contribution in [0, 0.1) is 11.8 Å². The number of fused-ring (bicyclic) bond motifs is 1. The lowest BCUT2D eigenvalue weighted by atomic mass is 9.80. The van der Waals surface area contributed by atoms with Gasteiger partial charge < -0.3 is 10.3 Å². The topological polar surface area (TPSA) is 43.8 Å². The van der Waals surface area contributed by atoms with E-state index in [0.717, 1.165) is 23.8 Å². The van der Waals surface area contributed by atoms with Gasteiger partial charge in [0.05, 0.1) is 11.0 Å². The van der Waals surface area contributed by atoms with Crippen molar-refractivity contribution in [1.82, 2.24) is 9.55 Å². The lowest BCUT2D eigenvalue weighted by molar-refractivity contribution is 0.221. The minimum atomic E-state index is 0.586. The van der Waals surface area contributed by atoms with E-state index in [1.807, 2.05) is 0 Å². The van der Waals surface area contributed by atoms with Crippen LogP contribution in [-0.2, 0) is 6.42 Å². The standard InChI is InChI=1S/C17H25N3/c1-12-9-13(2)11-14(10-12)20-16-6-4-3-5-15(16)19-17(20)7-8-18/h3-6,12-14H,7-11,18H2,1-2H3. The van der Waals surface area contributed by atoms with E-state index >= 15 is 0 Å². The lowest BCUT2D eigenvalue weighted by Gasteiger charge is -2.33. The molecule has 1 aliphatic carbocycles. The van der Waals surface area contributed by atoms with Gasteiger partial charge in [0.25, 0.3) is 0 Å². The van der Waals surface area contributed by atoms with Crippen LogP contribution in [0.5, 0.6) is 0 Å². The van der Waals surface area contributed by atoms with Crippen molar-refractivity contribution in [3.05, 3.63) is 30.1 Å². The Morgan fingerprint density at radius 3 is 2.55 bits per heavy atom. The SMILES string of the molecule is CC1CC(C)CC(n2c(CCN)nc3ccccc32)C1. The van der Waals surface area contributed by atoms with Crippen molar-refractivity contribution in [2.45, 2.75) is 45.6 Å². The molecule has 1 heterocycles. The summed E-state index contributed by atoms with van der Waals surface area (Å²) in [7, 11) is 0. The number of para-hydroxylation sites is 2. The molecule has 0 bridgehead atoms. The summed E-state index contributed by atoms with van der Waals surface area (Å²) in [6, 6.07) is 9.08. The van der Waals surface area contributed by atoms with Crippen molar-refractivity contribution in [2.24, 2.45) is 17.6 Å². The number of rotatable bonds is 3.